The summed E-state index contributed by atoms with van der Waals surface area (Å²) in [5.41, 5.74) is 7.89. The van der Waals surface area contributed by atoms with Crippen molar-refractivity contribution in [3.8, 4) is 0 Å². The summed E-state index contributed by atoms with van der Waals surface area (Å²) in [6.45, 7) is 1.70. The molecule has 2 rings (SSSR count). The number of fused-ring (bicyclic) bond motifs is 1. The van der Waals surface area contributed by atoms with E-state index in [0.717, 1.165) is 16.5 Å². The lowest BCUT2D eigenvalue weighted by Gasteiger charge is -2.14. The summed E-state index contributed by atoms with van der Waals surface area (Å²) < 4.78 is 0. The van der Waals surface area contributed by atoms with E-state index in [-0.39, 0.29) is 6.04 Å². The Kier molecular flexibility index (Phi) is 2.27. The lowest BCUT2D eigenvalue weighted by Crippen LogP contribution is -2.22. The van der Waals surface area contributed by atoms with Crippen molar-refractivity contribution in [2.45, 2.75) is 19.1 Å². The van der Waals surface area contributed by atoms with Crippen LogP contribution < -0.4 is 5.73 Å². The summed E-state index contributed by atoms with van der Waals surface area (Å²) in [5.74, 6) is 0. The third-order valence-electron chi connectivity index (χ3n) is 2.48. The summed E-state index contributed by atoms with van der Waals surface area (Å²) in [4.78, 5) is 3.11. The van der Waals surface area contributed by atoms with Crippen LogP contribution in [0.5, 0.6) is 0 Å². The van der Waals surface area contributed by atoms with Crippen molar-refractivity contribution in [3.05, 3.63) is 36.0 Å². The number of hydrogen-bond donors (Lipinski definition) is 3. The highest BCUT2D eigenvalue weighted by atomic mass is 16.3. The van der Waals surface area contributed by atoms with Crippen molar-refractivity contribution in [3.63, 3.8) is 0 Å². The number of benzene rings is 1. The van der Waals surface area contributed by atoms with Gasteiger partial charge in [-0.3, -0.25) is 0 Å². The molecule has 2 aromatic rings. The van der Waals surface area contributed by atoms with Gasteiger partial charge in [0.1, 0.15) is 0 Å². The SMILES string of the molecule is CC(O)[C@H](N)c1ccc2[nH]ccc2c1. The highest BCUT2D eigenvalue weighted by Gasteiger charge is 2.11. The van der Waals surface area contributed by atoms with E-state index in [2.05, 4.69) is 4.98 Å². The van der Waals surface area contributed by atoms with Gasteiger partial charge in [-0.15, -0.1) is 0 Å². The van der Waals surface area contributed by atoms with Crippen LogP contribution in [0, 0.1) is 0 Å². The number of aliphatic hydroxyl groups excluding tert-OH is 1. The molecule has 0 spiro atoms. The van der Waals surface area contributed by atoms with Gasteiger partial charge in [0.2, 0.25) is 0 Å². The molecule has 0 fully saturated rings. The molecule has 1 aromatic heterocycles. The van der Waals surface area contributed by atoms with E-state index in [9.17, 15) is 5.11 Å². The quantitative estimate of drug-likeness (QED) is 0.672. The molecular weight excluding hydrogens is 176 g/mol. The summed E-state index contributed by atoms with van der Waals surface area (Å²) >= 11 is 0. The third-order valence-corrected chi connectivity index (χ3v) is 2.48. The summed E-state index contributed by atoms with van der Waals surface area (Å²) in [6.07, 6.45) is 1.37. The number of hydrogen-bond acceptors (Lipinski definition) is 2. The number of aromatic amines is 1. The Morgan fingerprint density at radius 1 is 1.36 bits per heavy atom. The van der Waals surface area contributed by atoms with Gasteiger partial charge in [0.25, 0.3) is 0 Å². The lowest BCUT2D eigenvalue weighted by atomic mass is 10.0. The molecule has 0 aliphatic carbocycles. The second-order valence-corrected chi connectivity index (χ2v) is 3.59. The first-order valence-electron chi connectivity index (χ1n) is 4.69. The van der Waals surface area contributed by atoms with Crippen molar-refractivity contribution >= 4 is 10.9 Å². The molecule has 14 heavy (non-hydrogen) atoms. The highest BCUT2D eigenvalue weighted by Crippen LogP contribution is 2.20. The van der Waals surface area contributed by atoms with Gasteiger partial charge in [0.05, 0.1) is 12.1 Å². The largest absolute Gasteiger partial charge is 0.391 e. The van der Waals surface area contributed by atoms with Crippen molar-refractivity contribution in [1.29, 1.82) is 0 Å². The third kappa shape index (κ3) is 1.52. The van der Waals surface area contributed by atoms with Crippen LogP contribution in [-0.4, -0.2) is 16.2 Å². The van der Waals surface area contributed by atoms with Gasteiger partial charge in [-0.2, -0.15) is 0 Å². The topological polar surface area (TPSA) is 62.0 Å². The van der Waals surface area contributed by atoms with Gasteiger partial charge in [-0.05, 0) is 36.1 Å². The van der Waals surface area contributed by atoms with Gasteiger partial charge in [-0.1, -0.05) is 6.07 Å². The van der Waals surface area contributed by atoms with Crippen LogP contribution in [0.15, 0.2) is 30.5 Å². The number of nitrogens with two attached hydrogens (primary N) is 1. The summed E-state index contributed by atoms with van der Waals surface area (Å²) in [7, 11) is 0. The Hall–Kier alpha value is -1.32. The molecule has 3 nitrogen and oxygen atoms in total. The van der Waals surface area contributed by atoms with Crippen molar-refractivity contribution in [2.75, 3.05) is 0 Å². The molecular formula is C11H14N2O. The molecule has 0 saturated heterocycles. The molecule has 0 bridgehead atoms. The van der Waals surface area contributed by atoms with Crippen LogP contribution in [-0.2, 0) is 0 Å². The molecule has 0 amide bonds. The van der Waals surface area contributed by atoms with Gasteiger partial charge >= 0.3 is 0 Å². The van der Waals surface area contributed by atoms with Crippen molar-refractivity contribution in [1.82, 2.24) is 4.98 Å². The first kappa shape index (κ1) is 9.24. The average Bonchev–Trinajstić information content (AvgIpc) is 2.62. The fourth-order valence-electron chi connectivity index (χ4n) is 1.56. The lowest BCUT2D eigenvalue weighted by molar-refractivity contribution is 0.164. The normalized spacial score (nSPS) is 15.6. The van der Waals surface area contributed by atoms with Crippen LogP contribution in [0.3, 0.4) is 0 Å². The van der Waals surface area contributed by atoms with E-state index in [1.54, 1.807) is 6.92 Å². The minimum Gasteiger partial charge on any atom is -0.391 e. The van der Waals surface area contributed by atoms with E-state index in [0.29, 0.717) is 0 Å². The maximum absolute atomic E-state index is 9.36. The van der Waals surface area contributed by atoms with Gasteiger partial charge in [0.15, 0.2) is 0 Å². The first-order chi connectivity index (χ1) is 6.68. The predicted molar refractivity (Wildman–Crippen MR) is 56.9 cm³/mol. The summed E-state index contributed by atoms with van der Waals surface area (Å²) in [6, 6.07) is 7.61. The maximum Gasteiger partial charge on any atom is 0.0704 e. The number of aromatic nitrogens is 1. The number of aliphatic hydroxyl groups is 1. The smallest absolute Gasteiger partial charge is 0.0704 e. The van der Waals surface area contributed by atoms with Crippen LogP contribution in [0.25, 0.3) is 10.9 Å². The zero-order chi connectivity index (χ0) is 10.1. The Labute approximate surface area is 82.6 Å². The van der Waals surface area contributed by atoms with Gasteiger partial charge in [0, 0.05) is 11.7 Å². The molecule has 0 aliphatic rings. The Morgan fingerprint density at radius 3 is 2.86 bits per heavy atom. The van der Waals surface area contributed by atoms with Crippen LogP contribution in [0.2, 0.25) is 0 Å². The molecule has 0 saturated carbocycles. The minimum atomic E-state index is -0.522. The Balaban J connectivity index is 2.43. The fourth-order valence-corrected chi connectivity index (χ4v) is 1.56. The monoisotopic (exact) mass is 190 g/mol. The molecule has 1 unspecified atom stereocenters. The van der Waals surface area contributed by atoms with E-state index < -0.39 is 6.10 Å². The minimum absolute atomic E-state index is 0.311. The van der Waals surface area contributed by atoms with E-state index in [1.807, 2.05) is 30.5 Å². The van der Waals surface area contributed by atoms with E-state index in [1.165, 1.54) is 0 Å². The standard InChI is InChI=1S/C11H14N2O/c1-7(14)11(12)9-2-3-10-8(6-9)4-5-13-10/h2-7,11,13-14H,12H2,1H3/t7?,11-/m0/s1. The van der Waals surface area contributed by atoms with Gasteiger partial charge in [-0.25, -0.2) is 0 Å². The zero-order valence-corrected chi connectivity index (χ0v) is 8.07. The Bertz CT molecular complexity index is 434. The van der Waals surface area contributed by atoms with Crippen molar-refractivity contribution < 1.29 is 5.11 Å². The molecule has 1 aromatic carbocycles. The van der Waals surface area contributed by atoms with Gasteiger partial charge < -0.3 is 15.8 Å². The second kappa shape index (κ2) is 3.44. The molecule has 0 radical (unpaired) electrons. The molecule has 4 N–H and O–H groups in total. The van der Waals surface area contributed by atoms with Crippen molar-refractivity contribution in [2.24, 2.45) is 5.73 Å². The Morgan fingerprint density at radius 2 is 2.14 bits per heavy atom. The second-order valence-electron chi connectivity index (χ2n) is 3.59. The van der Waals surface area contributed by atoms with Crippen LogP contribution in [0.1, 0.15) is 18.5 Å². The fraction of sp³-hybridized carbons (Fsp3) is 0.273. The zero-order valence-electron chi connectivity index (χ0n) is 8.07. The number of rotatable bonds is 2. The summed E-state index contributed by atoms with van der Waals surface area (Å²) in [5, 5.41) is 10.5. The number of H-pyrrole nitrogens is 1. The molecule has 0 aliphatic heterocycles. The predicted octanol–water partition coefficient (Wildman–Crippen LogP) is 1.55. The molecule has 3 heteroatoms. The van der Waals surface area contributed by atoms with Crippen LogP contribution in [0.4, 0.5) is 0 Å². The maximum atomic E-state index is 9.36. The molecule has 2 atom stereocenters. The first-order valence-corrected chi connectivity index (χ1v) is 4.69. The van der Waals surface area contributed by atoms with Crippen LogP contribution >= 0.6 is 0 Å². The average molecular weight is 190 g/mol. The van der Waals surface area contributed by atoms with E-state index >= 15 is 0 Å². The highest BCUT2D eigenvalue weighted by molar-refractivity contribution is 5.80. The van der Waals surface area contributed by atoms with E-state index in [4.69, 9.17) is 5.73 Å². The molecule has 1 heterocycles. The number of nitrogens with one attached hydrogen (secondary N) is 1. The molecule has 74 valence electrons.